The number of nitrogens with zero attached hydrogens (tertiary/aromatic N) is 2. The van der Waals surface area contributed by atoms with Crippen molar-refractivity contribution in [2.24, 2.45) is 0 Å². The second kappa shape index (κ2) is 6.40. The second-order valence-electron chi connectivity index (χ2n) is 5.30. The van der Waals surface area contributed by atoms with E-state index in [-0.39, 0.29) is 5.91 Å². The number of benzene rings is 1. The zero-order chi connectivity index (χ0) is 13.8. The fourth-order valence-electron chi connectivity index (χ4n) is 2.56. The SMILES string of the molecule is CN1CCCC(N(C)C(=O)c2ccc(CCl)cc2)C1. The summed E-state index contributed by atoms with van der Waals surface area (Å²) in [5, 5.41) is 0. The summed E-state index contributed by atoms with van der Waals surface area (Å²) in [7, 11) is 4.02. The Morgan fingerprint density at radius 1 is 1.42 bits per heavy atom. The van der Waals surface area contributed by atoms with Gasteiger partial charge in [-0.05, 0) is 44.1 Å². The maximum atomic E-state index is 12.4. The number of halogens is 1. The molecule has 1 aromatic rings. The molecule has 0 aliphatic carbocycles. The van der Waals surface area contributed by atoms with E-state index in [1.54, 1.807) is 0 Å². The lowest BCUT2D eigenvalue weighted by Crippen LogP contribution is -2.47. The Kier molecular flexibility index (Phi) is 4.83. The molecule has 1 atom stereocenters. The summed E-state index contributed by atoms with van der Waals surface area (Å²) in [5.74, 6) is 0.582. The molecule has 0 spiro atoms. The van der Waals surface area contributed by atoms with Crippen molar-refractivity contribution in [1.82, 2.24) is 9.80 Å². The van der Waals surface area contributed by atoms with Gasteiger partial charge in [-0.3, -0.25) is 4.79 Å². The third kappa shape index (κ3) is 3.48. The molecule has 4 heteroatoms. The molecule has 1 unspecified atom stereocenters. The zero-order valence-corrected chi connectivity index (χ0v) is 12.4. The number of rotatable bonds is 3. The molecule has 1 heterocycles. The van der Waals surface area contributed by atoms with E-state index in [0.717, 1.165) is 37.1 Å². The molecule has 1 aromatic carbocycles. The van der Waals surface area contributed by atoms with Gasteiger partial charge in [0.1, 0.15) is 0 Å². The Morgan fingerprint density at radius 3 is 2.68 bits per heavy atom. The van der Waals surface area contributed by atoms with Crippen molar-refractivity contribution in [2.75, 3.05) is 27.2 Å². The highest BCUT2D eigenvalue weighted by atomic mass is 35.5. The van der Waals surface area contributed by atoms with Crippen LogP contribution in [0, 0.1) is 0 Å². The smallest absolute Gasteiger partial charge is 0.253 e. The zero-order valence-electron chi connectivity index (χ0n) is 11.6. The first-order chi connectivity index (χ1) is 9.11. The summed E-state index contributed by atoms with van der Waals surface area (Å²) in [6, 6.07) is 7.88. The van der Waals surface area contributed by atoms with Crippen LogP contribution in [0.1, 0.15) is 28.8 Å². The topological polar surface area (TPSA) is 23.6 Å². The van der Waals surface area contributed by atoms with Crippen molar-refractivity contribution in [3.05, 3.63) is 35.4 Å². The second-order valence-corrected chi connectivity index (χ2v) is 5.57. The van der Waals surface area contributed by atoms with Crippen LogP contribution >= 0.6 is 11.6 Å². The summed E-state index contributed by atoms with van der Waals surface area (Å²) >= 11 is 5.76. The summed E-state index contributed by atoms with van der Waals surface area (Å²) in [4.78, 5) is 16.6. The number of hydrogen-bond donors (Lipinski definition) is 0. The van der Waals surface area contributed by atoms with Crippen LogP contribution in [-0.2, 0) is 5.88 Å². The predicted molar refractivity (Wildman–Crippen MR) is 78.6 cm³/mol. The first kappa shape index (κ1) is 14.4. The first-order valence-corrected chi connectivity index (χ1v) is 7.26. The Labute approximate surface area is 120 Å². The monoisotopic (exact) mass is 280 g/mol. The molecule has 0 radical (unpaired) electrons. The highest BCUT2D eigenvalue weighted by Gasteiger charge is 2.24. The molecule has 1 saturated heterocycles. The maximum Gasteiger partial charge on any atom is 0.253 e. The van der Waals surface area contributed by atoms with Crippen LogP contribution in [0.2, 0.25) is 0 Å². The van der Waals surface area contributed by atoms with E-state index in [1.165, 1.54) is 0 Å². The standard InChI is InChI=1S/C15H21ClN2O/c1-17-9-3-4-14(11-17)18(2)15(19)13-7-5-12(10-16)6-8-13/h5-8,14H,3-4,9-11H2,1-2H3. The number of piperidine rings is 1. The number of alkyl halides is 1. The van der Waals surface area contributed by atoms with Crippen molar-refractivity contribution in [2.45, 2.75) is 24.8 Å². The van der Waals surface area contributed by atoms with Gasteiger partial charge in [-0.2, -0.15) is 0 Å². The van der Waals surface area contributed by atoms with E-state index in [9.17, 15) is 4.79 Å². The Hall–Kier alpha value is -1.06. The molecule has 0 N–H and O–H groups in total. The lowest BCUT2D eigenvalue weighted by atomic mass is 10.0. The van der Waals surface area contributed by atoms with Gasteiger partial charge >= 0.3 is 0 Å². The molecule has 3 nitrogen and oxygen atoms in total. The van der Waals surface area contributed by atoms with Crippen LogP contribution in [-0.4, -0.2) is 48.9 Å². The third-order valence-electron chi connectivity index (χ3n) is 3.82. The molecule has 2 rings (SSSR count). The Bertz CT molecular complexity index is 432. The van der Waals surface area contributed by atoms with Crippen LogP contribution in [0.3, 0.4) is 0 Å². The molecule has 0 aromatic heterocycles. The van der Waals surface area contributed by atoms with E-state index in [1.807, 2.05) is 36.2 Å². The van der Waals surface area contributed by atoms with Gasteiger partial charge in [0.15, 0.2) is 0 Å². The minimum Gasteiger partial charge on any atom is -0.337 e. The minimum atomic E-state index is 0.0985. The van der Waals surface area contributed by atoms with Crippen molar-refractivity contribution < 1.29 is 4.79 Å². The van der Waals surface area contributed by atoms with Crippen LogP contribution in [0.4, 0.5) is 0 Å². The van der Waals surface area contributed by atoms with Gasteiger partial charge in [-0.15, -0.1) is 11.6 Å². The van der Waals surface area contributed by atoms with E-state index in [0.29, 0.717) is 11.9 Å². The van der Waals surface area contributed by atoms with Crippen LogP contribution in [0.15, 0.2) is 24.3 Å². The fourth-order valence-corrected chi connectivity index (χ4v) is 2.74. The molecule has 104 valence electrons. The number of carbonyl (C=O) groups is 1. The Morgan fingerprint density at radius 2 is 2.11 bits per heavy atom. The van der Waals surface area contributed by atoms with Crippen LogP contribution in [0.5, 0.6) is 0 Å². The average molecular weight is 281 g/mol. The van der Waals surface area contributed by atoms with Crippen molar-refractivity contribution in [3.63, 3.8) is 0 Å². The normalized spacial score (nSPS) is 20.3. The summed E-state index contributed by atoms with van der Waals surface area (Å²) in [5.41, 5.74) is 1.78. The molecule has 1 aliphatic heterocycles. The highest BCUT2D eigenvalue weighted by Crippen LogP contribution is 2.16. The highest BCUT2D eigenvalue weighted by molar-refractivity contribution is 6.17. The first-order valence-electron chi connectivity index (χ1n) is 6.72. The lowest BCUT2D eigenvalue weighted by molar-refractivity contribution is 0.0644. The fraction of sp³-hybridized carbons (Fsp3) is 0.533. The van der Waals surface area contributed by atoms with Gasteiger partial charge in [0.05, 0.1) is 0 Å². The number of likely N-dealkylation sites (N-methyl/N-ethyl adjacent to an activating group) is 2. The summed E-state index contributed by atoms with van der Waals surface area (Å²) < 4.78 is 0. The maximum absolute atomic E-state index is 12.4. The van der Waals surface area contributed by atoms with Gasteiger partial charge in [0, 0.05) is 31.1 Å². The van der Waals surface area contributed by atoms with E-state index in [4.69, 9.17) is 11.6 Å². The molecule has 1 amide bonds. The molecule has 1 fully saturated rings. The Balaban J connectivity index is 2.05. The number of hydrogen-bond acceptors (Lipinski definition) is 2. The molecular weight excluding hydrogens is 260 g/mol. The average Bonchev–Trinajstić information content (AvgIpc) is 2.46. The molecule has 19 heavy (non-hydrogen) atoms. The van der Waals surface area contributed by atoms with Crippen molar-refractivity contribution in [3.8, 4) is 0 Å². The molecule has 0 saturated carbocycles. The van der Waals surface area contributed by atoms with Crippen LogP contribution < -0.4 is 0 Å². The molecule has 0 bridgehead atoms. The van der Waals surface area contributed by atoms with Crippen molar-refractivity contribution >= 4 is 17.5 Å². The van der Waals surface area contributed by atoms with E-state index in [2.05, 4.69) is 11.9 Å². The van der Waals surface area contributed by atoms with E-state index < -0.39 is 0 Å². The lowest BCUT2D eigenvalue weighted by Gasteiger charge is -2.35. The minimum absolute atomic E-state index is 0.0985. The third-order valence-corrected chi connectivity index (χ3v) is 4.13. The summed E-state index contributed by atoms with van der Waals surface area (Å²) in [6.45, 7) is 2.09. The van der Waals surface area contributed by atoms with Gasteiger partial charge in [0.2, 0.25) is 0 Å². The summed E-state index contributed by atoms with van der Waals surface area (Å²) in [6.07, 6.45) is 2.25. The van der Waals surface area contributed by atoms with Gasteiger partial charge in [-0.1, -0.05) is 12.1 Å². The quantitative estimate of drug-likeness (QED) is 0.795. The van der Waals surface area contributed by atoms with Gasteiger partial charge in [-0.25, -0.2) is 0 Å². The largest absolute Gasteiger partial charge is 0.337 e. The van der Waals surface area contributed by atoms with Gasteiger partial charge in [0.25, 0.3) is 5.91 Å². The number of amides is 1. The van der Waals surface area contributed by atoms with Gasteiger partial charge < -0.3 is 9.80 Å². The number of likely N-dealkylation sites (tertiary alicyclic amines) is 1. The van der Waals surface area contributed by atoms with E-state index >= 15 is 0 Å². The molecule has 1 aliphatic rings. The van der Waals surface area contributed by atoms with Crippen LogP contribution in [0.25, 0.3) is 0 Å². The molecular formula is C15H21ClN2O. The number of carbonyl (C=O) groups excluding carboxylic acids is 1. The van der Waals surface area contributed by atoms with Crippen molar-refractivity contribution in [1.29, 1.82) is 0 Å². The predicted octanol–water partition coefficient (Wildman–Crippen LogP) is 2.59.